The molecule has 0 aromatic heterocycles. The summed E-state index contributed by atoms with van der Waals surface area (Å²) in [6, 6.07) is -0.571. The van der Waals surface area contributed by atoms with Crippen molar-refractivity contribution < 1.29 is 18.0 Å². The van der Waals surface area contributed by atoms with Gasteiger partial charge in [-0.3, -0.25) is 4.79 Å². The van der Waals surface area contributed by atoms with Crippen molar-refractivity contribution in [1.82, 2.24) is 5.32 Å². The number of hydrogen-bond acceptors (Lipinski definition) is 3. The summed E-state index contributed by atoms with van der Waals surface area (Å²) in [4.78, 5) is 10.9. The highest BCUT2D eigenvalue weighted by molar-refractivity contribution is 8.00. The van der Waals surface area contributed by atoms with Crippen molar-refractivity contribution in [1.29, 1.82) is 0 Å². The van der Waals surface area contributed by atoms with Gasteiger partial charge in [0, 0.05) is 12.3 Å². The fraction of sp³-hybridized carbons (Fsp3) is 0.875. The number of halogens is 3. The molecule has 0 bridgehead atoms. The van der Waals surface area contributed by atoms with Gasteiger partial charge in [-0.05, 0) is 17.7 Å². The minimum Gasteiger partial charge on any atom is -0.368 e. The molecule has 0 saturated heterocycles. The van der Waals surface area contributed by atoms with Gasteiger partial charge in [-0.25, -0.2) is 0 Å². The van der Waals surface area contributed by atoms with Crippen molar-refractivity contribution in [2.45, 2.75) is 25.4 Å². The fourth-order valence-electron chi connectivity index (χ4n) is 1.05. The zero-order valence-corrected chi connectivity index (χ0v) is 9.41. The van der Waals surface area contributed by atoms with E-state index in [-0.39, 0.29) is 30.0 Å². The van der Waals surface area contributed by atoms with Crippen LogP contribution >= 0.6 is 11.8 Å². The zero-order chi connectivity index (χ0) is 12.1. The molecule has 1 unspecified atom stereocenters. The Kier molecular flexibility index (Phi) is 6.04. The third kappa shape index (κ3) is 7.49. The highest BCUT2D eigenvalue weighted by Crippen LogP contribution is 2.29. The molecule has 15 heavy (non-hydrogen) atoms. The van der Waals surface area contributed by atoms with Crippen LogP contribution in [0.5, 0.6) is 0 Å². The van der Waals surface area contributed by atoms with E-state index >= 15 is 0 Å². The summed E-state index contributed by atoms with van der Waals surface area (Å²) in [5.41, 5.74) is 0.855. The van der Waals surface area contributed by atoms with E-state index in [1.165, 1.54) is 0 Å². The highest BCUT2D eigenvalue weighted by atomic mass is 32.2. The Morgan fingerprint density at radius 1 is 1.47 bits per heavy atom. The van der Waals surface area contributed by atoms with Crippen LogP contribution in [-0.4, -0.2) is 29.8 Å². The molecule has 1 amide bonds. The van der Waals surface area contributed by atoms with Crippen molar-refractivity contribution in [3.05, 3.63) is 0 Å². The van der Waals surface area contributed by atoms with Crippen LogP contribution in [-0.2, 0) is 4.79 Å². The van der Waals surface area contributed by atoms with Crippen molar-refractivity contribution in [2.75, 3.05) is 12.3 Å². The monoisotopic (exact) mass is 244 g/mol. The predicted octanol–water partition coefficient (Wildman–Crippen LogP) is 1.34. The van der Waals surface area contributed by atoms with E-state index < -0.39 is 17.5 Å². The SMILES string of the molecule is CC(C)C(NCCSC(F)(F)F)C(N)=O. The third-order valence-electron chi connectivity index (χ3n) is 1.71. The fourth-order valence-corrected chi connectivity index (χ4v) is 1.50. The Balaban J connectivity index is 3.78. The Bertz CT molecular complexity index is 209. The second-order valence-electron chi connectivity index (χ2n) is 3.37. The van der Waals surface area contributed by atoms with Crippen molar-refractivity contribution in [3.63, 3.8) is 0 Å². The Morgan fingerprint density at radius 2 is 2.00 bits per heavy atom. The number of amides is 1. The molecule has 0 saturated carbocycles. The molecule has 0 aliphatic carbocycles. The molecule has 0 aromatic rings. The van der Waals surface area contributed by atoms with Gasteiger partial charge in [0.2, 0.25) is 5.91 Å². The summed E-state index contributed by atoms with van der Waals surface area (Å²) < 4.78 is 35.2. The first kappa shape index (κ1) is 14.6. The van der Waals surface area contributed by atoms with E-state index in [0.29, 0.717) is 0 Å². The Labute approximate surface area is 91.0 Å². The van der Waals surface area contributed by atoms with Crippen LogP contribution in [0.4, 0.5) is 13.2 Å². The lowest BCUT2D eigenvalue weighted by Crippen LogP contribution is -2.45. The molecule has 0 aliphatic rings. The van der Waals surface area contributed by atoms with Gasteiger partial charge < -0.3 is 11.1 Å². The number of carbonyl (C=O) groups excluding carboxylic acids is 1. The largest absolute Gasteiger partial charge is 0.441 e. The van der Waals surface area contributed by atoms with E-state index in [0.717, 1.165) is 0 Å². The Morgan fingerprint density at radius 3 is 2.33 bits per heavy atom. The van der Waals surface area contributed by atoms with Gasteiger partial charge >= 0.3 is 5.51 Å². The first-order chi connectivity index (χ1) is 6.74. The van der Waals surface area contributed by atoms with Gasteiger partial charge in [0.25, 0.3) is 0 Å². The number of primary amides is 1. The van der Waals surface area contributed by atoms with Gasteiger partial charge in [0.15, 0.2) is 0 Å². The zero-order valence-electron chi connectivity index (χ0n) is 8.60. The Hall–Kier alpha value is -0.430. The van der Waals surface area contributed by atoms with E-state index in [2.05, 4.69) is 5.32 Å². The average Bonchev–Trinajstić information content (AvgIpc) is 2.00. The molecule has 3 N–H and O–H groups in total. The summed E-state index contributed by atoms with van der Waals surface area (Å²) in [5, 5.41) is 2.70. The molecule has 0 heterocycles. The number of thioether (sulfide) groups is 1. The van der Waals surface area contributed by atoms with Crippen molar-refractivity contribution in [2.24, 2.45) is 11.7 Å². The maximum Gasteiger partial charge on any atom is 0.441 e. The summed E-state index contributed by atoms with van der Waals surface area (Å²) >= 11 is -0.116. The number of alkyl halides is 3. The van der Waals surface area contributed by atoms with Gasteiger partial charge in [-0.2, -0.15) is 13.2 Å². The van der Waals surface area contributed by atoms with Gasteiger partial charge in [-0.15, -0.1) is 0 Å². The quantitative estimate of drug-likeness (QED) is 0.693. The molecule has 1 atom stereocenters. The lowest BCUT2D eigenvalue weighted by atomic mass is 10.0. The second kappa shape index (κ2) is 6.22. The first-order valence-corrected chi connectivity index (χ1v) is 5.46. The third-order valence-corrected chi connectivity index (χ3v) is 2.44. The van der Waals surface area contributed by atoms with E-state index in [4.69, 9.17) is 5.73 Å². The molecule has 0 radical (unpaired) electrons. The summed E-state index contributed by atoms with van der Waals surface area (Å²) in [6.07, 6.45) is 0. The lowest BCUT2D eigenvalue weighted by molar-refractivity contribution is -0.120. The molecular weight excluding hydrogens is 229 g/mol. The number of nitrogens with one attached hydrogen (secondary N) is 1. The van der Waals surface area contributed by atoms with E-state index in [1.807, 2.05) is 0 Å². The van der Waals surface area contributed by atoms with E-state index in [9.17, 15) is 18.0 Å². The number of hydrogen-bond donors (Lipinski definition) is 2. The van der Waals surface area contributed by atoms with Gasteiger partial charge in [0.1, 0.15) is 0 Å². The smallest absolute Gasteiger partial charge is 0.368 e. The maximum atomic E-state index is 11.7. The molecule has 0 aliphatic heterocycles. The van der Waals surface area contributed by atoms with Crippen LogP contribution in [0.1, 0.15) is 13.8 Å². The molecule has 0 rings (SSSR count). The molecule has 0 aromatic carbocycles. The topological polar surface area (TPSA) is 55.1 Å². The lowest BCUT2D eigenvalue weighted by Gasteiger charge is -2.18. The molecule has 3 nitrogen and oxygen atoms in total. The molecular formula is C8H15F3N2OS. The van der Waals surface area contributed by atoms with Crippen LogP contribution in [0.2, 0.25) is 0 Å². The highest BCUT2D eigenvalue weighted by Gasteiger charge is 2.27. The van der Waals surface area contributed by atoms with Crippen LogP contribution in [0, 0.1) is 5.92 Å². The number of rotatable bonds is 6. The molecule has 90 valence electrons. The van der Waals surface area contributed by atoms with Crippen molar-refractivity contribution >= 4 is 17.7 Å². The minimum absolute atomic E-state index is 0.0293. The van der Waals surface area contributed by atoms with E-state index in [1.54, 1.807) is 13.8 Å². The van der Waals surface area contributed by atoms with Crippen LogP contribution in [0.15, 0.2) is 0 Å². The maximum absolute atomic E-state index is 11.7. The van der Waals surface area contributed by atoms with Crippen LogP contribution in [0.25, 0.3) is 0 Å². The van der Waals surface area contributed by atoms with Crippen LogP contribution in [0.3, 0.4) is 0 Å². The van der Waals surface area contributed by atoms with Crippen molar-refractivity contribution in [3.8, 4) is 0 Å². The molecule has 7 heteroatoms. The summed E-state index contributed by atoms with van der Waals surface area (Å²) in [7, 11) is 0. The number of carbonyl (C=O) groups is 1. The minimum atomic E-state index is -4.22. The van der Waals surface area contributed by atoms with Crippen LogP contribution < -0.4 is 11.1 Å². The predicted molar refractivity (Wildman–Crippen MR) is 54.3 cm³/mol. The average molecular weight is 244 g/mol. The van der Waals surface area contributed by atoms with Gasteiger partial charge in [-0.1, -0.05) is 13.8 Å². The summed E-state index contributed by atoms with van der Waals surface area (Å²) in [6.45, 7) is 3.66. The standard InChI is InChI=1S/C8H15F3N2OS/c1-5(2)6(7(12)14)13-3-4-15-8(9,10)11/h5-6,13H,3-4H2,1-2H3,(H2,12,14). The normalized spacial score (nSPS) is 14.3. The molecule has 0 fully saturated rings. The summed E-state index contributed by atoms with van der Waals surface area (Å²) in [5.74, 6) is -0.694. The van der Waals surface area contributed by atoms with Gasteiger partial charge in [0.05, 0.1) is 6.04 Å². The molecule has 0 spiro atoms. The second-order valence-corrected chi connectivity index (χ2v) is 4.53. The first-order valence-electron chi connectivity index (χ1n) is 4.47. The number of nitrogens with two attached hydrogens (primary N) is 1.